The van der Waals surface area contributed by atoms with E-state index in [0.29, 0.717) is 12.5 Å². The van der Waals surface area contributed by atoms with Crippen molar-refractivity contribution in [3.05, 3.63) is 59.7 Å². The second kappa shape index (κ2) is 10.4. The lowest BCUT2D eigenvalue weighted by molar-refractivity contribution is 0.208. The number of carbonyl (C=O) groups excluding carboxylic acids is 1. The summed E-state index contributed by atoms with van der Waals surface area (Å²) in [6.45, 7) is 8.58. The first kappa shape index (κ1) is 22.0. The molecular weight excluding hydrogens is 376 g/mol. The van der Waals surface area contributed by atoms with Gasteiger partial charge in [-0.2, -0.15) is 0 Å². The maximum absolute atomic E-state index is 11.7. The summed E-state index contributed by atoms with van der Waals surface area (Å²) in [6, 6.07) is 16.3. The summed E-state index contributed by atoms with van der Waals surface area (Å²) < 4.78 is 12.0. The minimum atomic E-state index is -0.147. The number of carbonyl (C=O) groups is 1. The Labute approximate surface area is 180 Å². The highest BCUT2D eigenvalue weighted by Gasteiger charge is 2.27. The van der Waals surface area contributed by atoms with Gasteiger partial charge in [-0.15, -0.1) is 0 Å². The number of ether oxygens (including phenoxy) is 2. The third kappa shape index (κ3) is 6.15. The van der Waals surface area contributed by atoms with Crippen molar-refractivity contribution < 1.29 is 14.3 Å². The summed E-state index contributed by atoms with van der Waals surface area (Å²) in [4.78, 5) is 11.7. The van der Waals surface area contributed by atoms with Crippen LogP contribution in [0.2, 0.25) is 0 Å². The Morgan fingerprint density at radius 2 is 1.67 bits per heavy atom. The van der Waals surface area contributed by atoms with Gasteiger partial charge in [0.1, 0.15) is 11.5 Å². The van der Waals surface area contributed by atoms with E-state index in [9.17, 15) is 4.79 Å². The summed E-state index contributed by atoms with van der Waals surface area (Å²) in [5.74, 6) is 2.34. The zero-order valence-corrected chi connectivity index (χ0v) is 18.5. The molecule has 3 rings (SSSR count). The van der Waals surface area contributed by atoms with E-state index < -0.39 is 0 Å². The molecule has 0 heterocycles. The molecule has 2 aromatic carbocycles. The Morgan fingerprint density at radius 1 is 1.00 bits per heavy atom. The van der Waals surface area contributed by atoms with Crippen LogP contribution in [0.5, 0.6) is 11.5 Å². The van der Waals surface area contributed by atoms with E-state index in [-0.39, 0.29) is 24.3 Å². The van der Waals surface area contributed by atoms with Crippen molar-refractivity contribution in [2.45, 2.75) is 71.1 Å². The molecule has 0 aliphatic heterocycles. The summed E-state index contributed by atoms with van der Waals surface area (Å²) in [6.07, 6.45) is 3.66. The summed E-state index contributed by atoms with van der Waals surface area (Å²) in [5, 5.41) is 5.68. The highest BCUT2D eigenvalue weighted by atomic mass is 16.5. The van der Waals surface area contributed by atoms with Crippen LogP contribution in [0, 0.1) is 0 Å². The Balaban J connectivity index is 1.51. The quantitative estimate of drug-likeness (QED) is 0.598. The van der Waals surface area contributed by atoms with Crippen LogP contribution in [-0.2, 0) is 0 Å². The van der Waals surface area contributed by atoms with Crippen LogP contribution in [0.4, 0.5) is 4.79 Å². The largest absolute Gasteiger partial charge is 0.491 e. The maximum Gasteiger partial charge on any atom is 0.315 e. The van der Waals surface area contributed by atoms with Crippen molar-refractivity contribution in [1.29, 1.82) is 0 Å². The van der Waals surface area contributed by atoms with Crippen LogP contribution in [0.1, 0.15) is 70.0 Å². The summed E-state index contributed by atoms with van der Waals surface area (Å²) in [5.41, 5.74) is 2.42. The minimum Gasteiger partial charge on any atom is -0.491 e. The molecule has 0 spiro atoms. The predicted molar refractivity (Wildman–Crippen MR) is 120 cm³/mol. The molecule has 0 saturated heterocycles. The lowest BCUT2D eigenvalue weighted by Crippen LogP contribution is -2.36. The van der Waals surface area contributed by atoms with E-state index in [4.69, 9.17) is 9.47 Å². The third-order valence-corrected chi connectivity index (χ3v) is 5.48. The standard InChI is InChI=1S/C25H34N2O3/c1-5-26-25(28)27-18(4)19-6-11-23(12-7-19)30-24-15-10-21(16-24)20-8-13-22(14-9-20)29-17(2)3/h6-9,11-14,17-18,21,24H,5,10,15-16H2,1-4H3,(H2,26,27,28)/t18-,21?,24+/m0/s1. The fourth-order valence-corrected chi connectivity index (χ4v) is 3.96. The van der Waals surface area contributed by atoms with Crippen LogP contribution in [-0.4, -0.2) is 24.8 Å². The van der Waals surface area contributed by atoms with Crippen molar-refractivity contribution in [3.63, 3.8) is 0 Å². The van der Waals surface area contributed by atoms with E-state index in [1.165, 1.54) is 5.56 Å². The average molecular weight is 411 g/mol. The molecule has 1 saturated carbocycles. The van der Waals surface area contributed by atoms with Gasteiger partial charge in [0, 0.05) is 6.54 Å². The monoisotopic (exact) mass is 410 g/mol. The normalized spacial score (nSPS) is 19.4. The first-order valence-electron chi connectivity index (χ1n) is 11.0. The highest BCUT2D eigenvalue weighted by Crippen LogP contribution is 2.37. The molecule has 1 aliphatic carbocycles. The molecule has 3 atom stereocenters. The first-order chi connectivity index (χ1) is 14.4. The lowest BCUT2D eigenvalue weighted by atomic mass is 9.97. The van der Waals surface area contributed by atoms with Crippen molar-refractivity contribution in [2.24, 2.45) is 0 Å². The number of rotatable bonds is 8. The fourth-order valence-electron chi connectivity index (χ4n) is 3.96. The second-order valence-electron chi connectivity index (χ2n) is 8.28. The van der Waals surface area contributed by atoms with E-state index in [1.807, 2.05) is 52.0 Å². The molecule has 2 aromatic rings. The van der Waals surface area contributed by atoms with Gasteiger partial charge in [0.05, 0.1) is 18.2 Å². The average Bonchev–Trinajstić information content (AvgIpc) is 3.17. The molecule has 0 bridgehead atoms. The smallest absolute Gasteiger partial charge is 0.315 e. The molecule has 30 heavy (non-hydrogen) atoms. The Bertz CT molecular complexity index is 802. The molecule has 1 aliphatic rings. The molecule has 2 amide bonds. The van der Waals surface area contributed by atoms with E-state index in [2.05, 4.69) is 34.9 Å². The fraction of sp³-hybridized carbons (Fsp3) is 0.480. The van der Waals surface area contributed by atoms with Crippen molar-refractivity contribution in [2.75, 3.05) is 6.54 Å². The number of benzene rings is 2. The van der Waals surface area contributed by atoms with E-state index >= 15 is 0 Å². The summed E-state index contributed by atoms with van der Waals surface area (Å²) in [7, 11) is 0. The van der Waals surface area contributed by atoms with Gasteiger partial charge in [0.15, 0.2) is 0 Å². The topological polar surface area (TPSA) is 59.6 Å². The molecule has 5 nitrogen and oxygen atoms in total. The zero-order valence-electron chi connectivity index (χ0n) is 18.5. The molecule has 0 radical (unpaired) electrons. The van der Waals surface area contributed by atoms with E-state index in [0.717, 1.165) is 36.3 Å². The van der Waals surface area contributed by atoms with Gasteiger partial charge < -0.3 is 20.1 Å². The van der Waals surface area contributed by atoms with Gasteiger partial charge >= 0.3 is 6.03 Å². The van der Waals surface area contributed by atoms with Crippen LogP contribution in [0.3, 0.4) is 0 Å². The molecule has 2 N–H and O–H groups in total. The van der Waals surface area contributed by atoms with Crippen LogP contribution in [0.25, 0.3) is 0 Å². The number of urea groups is 1. The van der Waals surface area contributed by atoms with Gasteiger partial charge in [-0.25, -0.2) is 4.79 Å². The molecule has 162 valence electrons. The van der Waals surface area contributed by atoms with Gasteiger partial charge in [-0.05, 0) is 88.3 Å². The molecule has 5 heteroatoms. The first-order valence-corrected chi connectivity index (χ1v) is 11.0. The van der Waals surface area contributed by atoms with Crippen molar-refractivity contribution in [3.8, 4) is 11.5 Å². The number of nitrogens with one attached hydrogen (secondary N) is 2. The highest BCUT2D eigenvalue weighted by molar-refractivity contribution is 5.74. The summed E-state index contributed by atoms with van der Waals surface area (Å²) >= 11 is 0. The van der Waals surface area contributed by atoms with Gasteiger partial charge in [-0.3, -0.25) is 0 Å². The molecule has 1 unspecified atom stereocenters. The zero-order chi connectivity index (χ0) is 21.5. The molecular formula is C25H34N2O3. The second-order valence-corrected chi connectivity index (χ2v) is 8.28. The van der Waals surface area contributed by atoms with E-state index in [1.54, 1.807) is 0 Å². The van der Waals surface area contributed by atoms with Gasteiger partial charge in [0.25, 0.3) is 0 Å². The number of hydrogen-bond acceptors (Lipinski definition) is 3. The minimum absolute atomic E-state index is 0.0518. The van der Waals surface area contributed by atoms with Gasteiger partial charge in [-0.1, -0.05) is 24.3 Å². The Kier molecular flexibility index (Phi) is 7.61. The SMILES string of the molecule is CCNC(=O)N[C@@H](C)c1ccc(O[C@@H]2CCC(c3ccc(OC(C)C)cc3)C2)cc1. The van der Waals surface area contributed by atoms with Crippen molar-refractivity contribution >= 4 is 6.03 Å². The van der Waals surface area contributed by atoms with Crippen LogP contribution < -0.4 is 20.1 Å². The lowest BCUT2D eigenvalue weighted by Gasteiger charge is -2.17. The van der Waals surface area contributed by atoms with Crippen LogP contribution >= 0.6 is 0 Å². The molecule has 0 aromatic heterocycles. The number of amides is 2. The van der Waals surface area contributed by atoms with Crippen LogP contribution in [0.15, 0.2) is 48.5 Å². The third-order valence-electron chi connectivity index (χ3n) is 5.48. The molecule has 1 fully saturated rings. The van der Waals surface area contributed by atoms with Gasteiger partial charge in [0.2, 0.25) is 0 Å². The number of hydrogen-bond donors (Lipinski definition) is 2. The maximum atomic E-state index is 11.7. The van der Waals surface area contributed by atoms with Crippen molar-refractivity contribution in [1.82, 2.24) is 10.6 Å². The Morgan fingerprint density at radius 3 is 2.30 bits per heavy atom. The predicted octanol–water partition coefficient (Wildman–Crippen LogP) is 5.57. The Hall–Kier alpha value is -2.69.